The summed E-state index contributed by atoms with van der Waals surface area (Å²) >= 11 is 7.17. The number of carbonyl (C=O) groups excluding carboxylic acids is 2. The molecule has 0 saturated carbocycles. The average molecular weight is 428 g/mol. The van der Waals surface area contributed by atoms with E-state index in [4.69, 9.17) is 16.3 Å². The van der Waals surface area contributed by atoms with Gasteiger partial charge in [0.15, 0.2) is 11.4 Å². The predicted octanol–water partition coefficient (Wildman–Crippen LogP) is 4.29. The number of anilines is 1. The summed E-state index contributed by atoms with van der Waals surface area (Å²) in [5.74, 6) is -0.134. The number of Topliss-reactive ketones (excluding diaryl/α,β-unsaturated/α-hetero) is 1. The van der Waals surface area contributed by atoms with E-state index in [-0.39, 0.29) is 25.4 Å². The smallest absolute Gasteiger partial charge is 0.264 e. The summed E-state index contributed by atoms with van der Waals surface area (Å²) in [4.78, 5) is 27.7. The predicted molar refractivity (Wildman–Crippen MR) is 113 cm³/mol. The molecule has 29 heavy (non-hydrogen) atoms. The highest BCUT2D eigenvalue weighted by Crippen LogP contribution is 2.42. The molecule has 148 valence electrons. The molecule has 1 N–H and O–H groups in total. The highest BCUT2D eigenvalue weighted by molar-refractivity contribution is 7.12. The van der Waals surface area contributed by atoms with Crippen molar-refractivity contribution >= 4 is 40.3 Å². The molecule has 2 aromatic carbocycles. The van der Waals surface area contributed by atoms with Gasteiger partial charge in [-0.3, -0.25) is 9.59 Å². The zero-order chi connectivity index (χ0) is 20.4. The molecule has 1 atom stereocenters. The van der Waals surface area contributed by atoms with Crippen LogP contribution in [0.25, 0.3) is 0 Å². The van der Waals surface area contributed by atoms with Crippen LogP contribution >= 0.6 is 22.9 Å². The van der Waals surface area contributed by atoms with Gasteiger partial charge in [0.05, 0.1) is 23.5 Å². The summed E-state index contributed by atoms with van der Waals surface area (Å²) in [6.45, 7) is 0.477. The number of ketones is 1. The van der Waals surface area contributed by atoms with E-state index in [9.17, 15) is 14.7 Å². The summed E-state index contributed by atoms with van der Waals surface area (Å²) in [5, 5.41) is 13.6. The van der Waals surface area contributed by atoms with Gasteiger partial charge in [0.25, 0.3) is 5.91 Å². The van der Waals surface area contributed by atoms with Gasteiger partial charge < -0.3 is 14.7 Å². The summed E-state index contributed by atoms with van der Waals surface area (Å²) in [6.07, 6.45) is -0.294. The Bertz CT molecular complexity index is 1040. The number of para-hydroxylation sites is 1. The molecule has 0 spiro atoms. The Labute approximate surface area is 177 Å². The third-order valence-electron chi connectivity index (χ3n) is 4.85. The zero-order valence-electron chi connectivity index (χ0n) is 15.4. The first-order valence-electron chi connectivity index (χ1n) is 9.08. The summed E-state index contributed by atoms with van der Waals surface area (Å²) in [6, 6.07) is 17.4. The number of nitrogens with zero attached hydrogens (tertiary/aromatic N) is 1. The second kappa shape index (κ2) is 7.99. The Hall–Kier alpha value is -2.67. The molecule has 0 radical (unpaired) electrons. The van der Waals surface area contributed by atoms with Crippen LogP contribution in [0.3, 0.4) is 0 Å². The van der Waals surface area contributed by atoms with Gasteiger partial charge in [-0.25, -0.2) is 0 Å². The molecule has 0 aliphatic carbocycles. The fourth-order valence-electron chi connectivity index (χ4n) is 3.44. The van der Waals surface area contributed by atoms with Gasteiger partial charge in [-0.1, -0.05) is 35.9 Å². The van der Waals surface area contributed by atoms with Crippen LogP contribution in [-0.4, -0.2) is 29.9 Å². The first kappa shape index (κ1) is 19.6. The lowest BCUT2D eigenvalue weighted by molar-refractivity contribution is -0.135. The minimum atomic E-state index is -1.88. The fourth-order valence-corrected chi connectivity index (χ4v) is 4.23. The van der Waals surface area contributed by atoms with Crippen molar-refractivity contribution in [1.82, 2.24) is 0 Å². The van der Waals surface area contributed by atoms with Gasteiger partial charge in [-0.05, 0) is 41.8 Å². The number of hydrogen-bond acceptors (Lipinski definition) is 5. The van der Waals surface area contributed by atoms with E-state index in [0.29, 0.717) is 26.9 Å². The topological polar surface area (TPSA) is 66.8 Å². The molecule has 1 aliphatic rings. The van der Waals surface area contributed by atoms with Gasteiger partial charge in [0.1, 0.15) is 12.4 Å². The normalized spacial score (nSPS) is 18.0. The minimum Gasteiger partial charge on any atom is -0.492 e. The van der Waals surface area contributed by atoms with Crippen molar-refractivity contribution in [1.29, 1.82) is 0 Å². The van der Waals surface area contributed by atoms with Crippen LogP contribution in [0.1, 0.15) is 21.7 Å². The number of halogens is 1. The van der Waals surface area contributed by atoms with Gasteiger partial charge in [0.2, 0.25) is 0 Å². The second-order valence-corrected chi connectivity index (χ2v) is 8.10. The van der Waals surface area contributed by atoms with Crippen LogP contribution in [0, 0.1) is 0 Å². The molecule has 2 heterocycles. The number of rotatable bonds is 7. The number of hydrogen-bond donors (Lipinski definition) is 1. The van der Waals surface area contributed by atoms with E-state index >= 15 is 0 Å². The van der Waals surface area contributed by atoms with E-state index in [1.807, 2.05) is 0 Å². The third kappa shape index (κ3) is 3.79. The van der Waals surface area contributed by atoms with Crippen LogP contribution in [0.15, 0.2) is 66.0 Å². The quantitative estimate of drug-likeness (QED) is 0.571. The lowest BCUT2D eigenvalue weighted by Gasteiger charge is -2.22. The van der Waals surface area contributed by atoms with Gasteiger partial charge in [-0.15, -0.1) is 11.3 Å². The lowest BCUT2D eigenvalue weighted by Crippen LogP contribution is -2.43. The standard InChI is InChI=1S/C22H18ClNO4S/c23-15-7-9-16(10-8-15)28-12-11-24-18-5-2-1-4-17(18)22(27,21(24)26)14-19(25)20-6-3-13-29-20/h1-10,13,27H,11-12,14H2/t22-/m1/s1. The molecule has 5 nitrogen and oxygen atoms in total. The first-order chi connectivity index (χ1) is 14.0. The highest BCUT2D eigenvalue weighted by atomic mass is 35.5. The van der Waals surface area contributed by atoms with Crippen LogP contribution < -0.4 is 9.64 Å². The molecule has 1 amide bonds. The number of benzene rings is 2. The molecular weight excluding hydrogens is 410 g/mol. The van der Waals surface area contributed by atoms with E-state index < -0.39 is 11.5 Å². The van der Waals surface area contributed by atoms with Crippen LogP contribution in [-0.2, 0) is 10.4 Å². The largest absolute Gasteiger partial charge is 0.492 e. The monoisotopic (exact) mass is 427 g/mol. The van der Waals surface area contributed by atoms with Gasteiger partial charge in [0, 0.05) is 10.6 Å². The van der Waals surface area contributed by atoms with Crippen molar-refractivity contribution in [2.75, 3.05) is 18.1 Å². The van der Waals surface area contributed by atoms with Crippen LogP contribution in [0.2, 0.25) is 5.02 Å². The Morgan fingerprint density at radius 2 is 1.86 bits per heavy atom. The SMILES string of the molecule is O=C(C[C@]1(O)C(=O)N(CCOc2ccc(Cl)cc2)c2ccccc21)c1cccs1. The maximum atomic E-state index is 13.1. The number of ether oxygens (including phenoxy) is 1. The van der Waals surface area contributed by atoms with Crippen molar-refractivity contribution < 1.29 is 19.4 Å². The highest BCUT2D eigenvalue weighted by Gasteiger charge is 2.50. The van der Waals surface area contributed by atoms with Gasteiger partial charge >= 0.3 is 0 Å². The Kier molecular flexibility index (Phi) is 5.41. The summed E-state index contributed by atoms with van der Waals surface area (Å²) in [7, 11) is 0. The van der Waals surface area contributed by atoms with Crippen molar-refractivity contribution in [3.8, 4) is 5.75 Å². The molecule has 0 bridgehead atoms. The summed E-state index contributed by atoms with van der Waals surface area (Å²) < 4.78 is 5.70. The molecular formula is C22H18ClNO4S. The Morgan fingerprint density at radius 3 is 2.59 bits per heavy atom. The maximum absolute atomic E-state index is 13.1. The fraction of sp³-hybridized carbons (Fsp3) is 0.182. The molecule has 0 unspecified atom stereocenters. The van der Waals surface area contributed by atoms with E-state index in [0.717, 1.165) is 0 Å². The molecule has 0 saturated heterocycles. The number of carbonyl (C=O) groups is 2. The maximum Gasteiger partial charge on any atom is 0.264 e. The minimum absolute atomic E-state index is 0.233. The van der Waals surface area contributed by atoms with Crippen LogP contribution in [0.4, 0.5) is 5.69 Å². The van der Waals surface area contributed by atoms with Crippen molar-refractivity contribution in [3.05, 3.63) is 81.5 Å². The molecule has 4 rings (SSSR count). The molecule has 1 aromatic heterocycles. The number of amides is 1. The number of aliphatic hydroxyl groups is 1. The van der Waals surface area contributed by atoms with Crippen molar-refractivity contribution in [3.63, 3.8) is 0 Å². The summed E-state index contributed by atoms with van der Waals surface area (Å²) in [5.41, 5.74) is -0.835. The molecule has 3 aromatic rings. The second-order valence-electron chi connectivity index (χ2n) is 6.71. The Balaban J connectivity index is 1.52. The van der Waals surface area contributed by atoms with Crippen LogP contribution in [0.5, 0.6) is 5.75 Å². The van der Waals surface area contributed by atoms with Gasteiger partial charge in [-0.2, -0.15) is 0 Å². The average Bonchev–Trinajstić information content (AvgIpc) is 3.33. The number of thiophene rings is 1. The van der Waals surface area contributed by atoms with E-state index in [1.54, 1.807) is 66.0 Å². The van der Waals surface area contributed by atoms with E-state index in [1.165, 1.54) is 16.2 Å². The third-order valence-corrected chi connectivity index (χ3v) is 6.01. The lowest BCUT2D eigenvalue weighted by atomic mass is 9.89. The molecule has 7 heteroatoms. The zero-order valence-corrected chi connectivity index (χ0v) is 16.9. The number of fused-ring (bicyclic) bond motifs is 1. The van der Waals surface area contributed by atoms with Crippen molar-refractivity contribution in [2.45, 2.75) is 12.0 Å². The Morgan fingerprint density at radius 1 is 1.10 bits per heavy atom. The van der Waals surface area contributed by atoms with Crippen molar-refractivity contribution in [2.24, 2.45) is 0 Å². The first-order valence-corrected chi connectivity index (χ1v) is 10.3. The molecule has 1 aliphatic heterocycles. The van der Waals surface area contributed by atoms with E-state index in [2.05, 4.69) is 0 Å². The molecule has 0 fully saturated rings.